The van der Waals surface area contributed by atoms with E-state index < -0.39 is 0 Å². The summed E-state index contributed by atoms with van der Waals surface area (Å²) in [7, 11) is 0. The van der Waals surface area contributed by atoms with Crippen LogP contribution in [0.15, 0.2) is 46.2 Å². The number of nitrogens with one attached hydrogen (secondary N) is 1. The Bertz CT molecular complexity index is 717. The third-order valence-electron chi connectivity index (χ3n) is 2.61. The third kappa shape index (κ3) is 2.60. The third-order valence-corrected chi connectivity index (χ3v) is 3.47. The Morgan fingerprint density at radius 1 is 1.15 bits per heavy atom. The second-order valence-electron chi connectivity index (χ2n) is 4.15. The lowest BCUT2D eigenvalue weighted by Crippen LogP contribution is -2.05. The van der Waals surface area contributed by atoms with Crippen LogP contribution in [0.25, 0.3) is 22.2 Å². The fraction of sp³-hybridized carbons (Fsp3) is 0.0714. The predicted octanol–water partition coefficient (Wildman–Crippen LogP) is 3.42. The van der Waals surface area contributed by atoms with Crippen LogP contribution in [0.3, 0.4) is 0 Å². The molecule has 0 radical (unpaired) electrons. The number of thiophene rings is 1. The number of carbonyl (C=O) groups is 1. The summed E-state index contributed by atoms with van der Waals surface area (Å²) >= 11 is 1.55. The van der Waals surface area contributed by atoms with Crippen LogP contribution in [-0.2, 0) is 4.79 Å². The van der Waals surface area contributed by atoms with Gasteiger partial charge in [0.1, 0.15) is 0 Å². The Hall–Kier alpha value is -2.47. The highest BCUT2D eigenvalue weighted by Gasteiger charge is 2.11. The van der Waals surface area contributed by atoms with Gasteiger partial charge in [-0.2, -0.15) is 0 Å². The monoisotopic (exact) mass is 285 g/mol. The zero-order valence-electron chi connectivity index (χ0n) is 10.7. The number of hydrogen-bond acceptors (Lipinski definition) is 5. The molecule has 0 aliphatic carbocycles. The molecule has 0 aliphatic rings. The van der Waals surface area contributed by atoms with Crippen LogP contribution < -0.4 is 5.32 Å². The maximum Gasteiger partial charge on any atom is 0.258 e. The number of rotatable bonds is 3. The first kappa shape index (κ1) is 12.6. The highest BCUT2D eigenvalue weighted by molar-refractivity contribution is 7.13. The van der Waals surface area contributed by atoms with E-state index in [0.717, 1.165) is 16.1 Å². The lowest BCUT2D eigenvalue weighted by atomic mass is 10.2. The molecule has 2 aromatic heterocycles. The summed E-state index contributed by atoms with van der Waals surface area (Å²) in [6.07, 6.45) is 0. The second kappa shape index (κ2) is 5.26. The van der Waals surface area contributed by atoms with Crippen LogP contribution in [0.1, 0.15) is 6.92 Å². The molecular weight excluding hydrogens is 274 g/mol. The minimum absolute atomic E-state index is 0.101. The van der Waals surface area contributed by atoms with E-state index in [1.165, 1.54) is 6.92 Å². The molecule has 0 saturated heterocycles. The predicted molar refractivity (Wildman–Crippen MR) is 77.4 cm³/mol. The molecule has 2 heterocycles. The quantitative estimate of drug-likeness (QED) is 0.800. The number of hydrogen-bond donors (Lipinski definition) is 1. The molecule has 1 aromatic carbocycles. The first-order valence-electron chi connectivity index (χ1n) is 5.98. The molecule has 0 bridgehead atoms. The van der Waals surface area contributed by atoms with Crippen LogP contribution in [0.5, 0.6) is 0 Å². The van der Waals surface area contributed by atoms with Gasteiger partial charge in [0, 0.05) is 18.2 Å². The Labute approximate surface area is 119 Å². The van der Waals surface area contributed by atoms with Crippen molar-refractivity contribution < 1.29 is 9.21 Å². The van der Waals surface area contributed by atoms with Gasteiger partial charge < -0.3 is 9.73 Å². The first-order chi connectivity index (χ1) is 9.72. The van der Waals surface area contributed by atoms with Crippen molar-refractivity contribution in [2.45, 2.75) is 6.92 Å². The van der Waals surface area contributed by atoms with Crippen molar-refractivity contribution in [1.29, 1.82) is 0 Å². The normalized spacial score (nSPS) is 10.4. The number of aromatic nitrogens is 2. The van der Waals surface area contributed by atoms with Crippen LogP contribution >= 0.6 is 11.3 Å². The fourth-order valence-corrected chi connectivity index (χ4v) is 2.38. The van der Waals surface area contributed by atoms with E-state index >= 15 is 0 Å². The van der Waals surface area contributed by atoms with Gasteiger partial charge in [-0.05, 0) is 35.7 Å². The Balaban J connectivity index is 1.84. The highest BCUT2D eigenvalue weighted by atomic mass is 32.1. The summed E-state index contributed by atoms with van der Waals surface area (Å²) in [5.74, 6) is 0.874. The van der Waals surface area contributed by atoms with E-state index in [4.69, 9.17) is 4.42 Å². The highest BCUT2D eigenvalue weighted by Crippen LogP contribution is 2.27. The zero-order valence-corrected chi connectivity index (χ0v) is 11.5. The SMILES string of the molecule is CC(=O)Nc1ccc(-c2nnc(-c3cccs3)o2)cc1. The van der Waals surface area contributed by atoms with Crippen LogP contribution in [-0.4, -0.2) is 16.1 Å². The second-order valence-corrected chi connectivity index (χ2v) is 5.10. The number of amides is 1. The molecule has 5 nitrogen and oxygen atoms in total. The van der Waals surface area contributed by atoms with E-state index in [9.17, 15) is 4.79 Å². The molecule has 1 N–H and O–H groups in total. The molecule has 0 fully saturated rings. The Morgan fingerprint density at radius 2 is 1.90 bits per heavy atom. The summed E-state index contributed by atoms with van der Waals surface area (Å²) in [5, 5.41) is 12.7. The molecule has 0 saturated carbocycles. The van der Waals surface area contributed by atoms with Gasteiger partial charge in [0.25, 0.3) is 5.89 Å². The fourth-order valence-electron chi connectivity index (χ4n) is 1.74. The van der Waals surface area contributed by atoms with E-state index in [1.807, 2.05) is 29.6 Å². The average molecular weight is 285 g/mol. The Morgan fingerprint density at radius 3 is 2.55 bits per heavy atom. The number of nitrogens with zero attached hydrogens (tertiary/aromatic N) is 2. The molecular formula is C14H11N3O2S. The molecule has 1 amide bonds. The Kier molecular flexibility index (Phi) is 3.30. The number of benzene rings is 1. The van der Waals surface area contributed by atoms with Crippen molar-refractivity contribution >= 4 is 22.9 Å². The minimum atomic E-state index is -0.101. The van der Waals surface area contributed by atoms with Crippen molar-refractivity contribution in [1.82, 2.24) is 10.2 Å². The summed E-state index contributed by atoms with van der Waals surface area (Å²) in [5.41, 5.74) is 1.55. The lowest BCUT2D eigenvalue weighted by Gasteiger charge is -2.01. The summed E-state index contributed by atoms with van der Waals surface area (Å²) in [6.45, 7) is 1.47. The number of carbonyl (C=O) groups excluding carboxylic acids is 1. The average Bonchev–Trinajstić information content (AvgIpc) is 3.10. The lowest BCUT2D eigenvalue weighted by molar-refractivity contribution is -0.114. The van der Waals surface area contributed by atoms with Crippen molar-refractivity contribution in [2.24, 2.45) is 0 Å². The zero-order chi connectivity index (χ0) is 13.9. The van der Waals surface area contributed by atoms with Crippen molar-refractivity contribution in [2.75, 3.05) is 5.32 Å². The largest absolute Gasteiger partial charge is 0.415 e. The van der Waals surface area contributed by atoms with E-state index in [2.05, 4.69) is 15.5 Å². The molecule has 0 atom stereocenters. The van der Waals surface area contributed by atoms with Gasteiger partial charge >= 0.3 is 0 Å². The maximum atomic E-state index is 11.0. The van der Waals surface area contributed by atoms with Crippen LogP contribution in [0.4, 0.5) is 5.69 Å². The molecule has 0 aliphatic heterocycles. The summed E-state index contributed by atoms with van der Waals surface area (Å²) in [4.78, 5) is 11.9. The molecule has 0 spiro atoms. The van der Waals surface area contributed by atoms with Crippen molar-refractivity contribution in [3.8, 4) is 22.2 Å². The summed E-state index contributed by atoms with van der Waals surface area (Å²) < 4.78 is 5.64. The van der Waals surface area contributed by atoms with Crippen LogP contribution in [0, 0.1) is 0 Å². The van der Waals surface area contributed by atoms with Gasteiger partial charge in [0.05, 0.1) is 4.88 Å². The molecule has 20 heavy (non-hydrogen) atoms. The first-order valence-corrected chi connectivity index (χ1v) is 6.86. The molecule has 3 aromatic rings. The van der Waals surface area contributed by atoms with Crippen LogP contribution in [0.2, 0.25) is 0 Å². The van der Waals surface area contributed by atoms with Gasteiger partial charge in [0.2, 0.25) is 11.8 Å². The molecule has 3 rings (SSSR count). The van der Waals surface area contributed by atoms with Gasteiger partial charge in [-0.1, -0.05) is 6.07 Å². The van der Waals surface area contributed by atoms with Crippen molar-refractivity contribution in [3.05, 3.63) is 41.8 Å². The molecule has 0 unspecified atom stereocenters. The van der Waals surface area contributed by atoms with E-state index in [1.54, 1.807) is 23.5 Å². The standard InChI is InChI=1S/C14H11N3O2S/c1-9(18)15-11-6-4-10(5-7-11)13-16-17-14(19-13)12-3-2-8-20-12/h2-8H,1H3,(H,15,18). The molecule has 100 valence electrons. The number of anilines is 1. The van der Waals surface area contributed by atoms with E-state index in [-0.39, 0.29) is 5.91 Å². The van der Waals surface area contributed by atoms with Crippen molar-refractivity contribution in [3.63, 3.8) is 0 Å². The van der Waals surface area contributed by atoms with E-state index in [0.29, 0.717) is 11.8 Å². The van der Waals surface area contributed by atoms with Gasteiger partial charge in [-0.25, -0.2) is 0 Å². The minimum Gasteiger partial charge on any atom is -0.415 e. The maximum absolute atomic E-state index is 11.0. The molecule has 6 heteroatoms. The topological polar surface area (TPSA) is 68.0 Å². The van der Waals surface area contributed by atoms with Gasteiger partial charge in [0.15, 0.2) is 0 Å². The summed E-state index contributed by atoms with van der Waals surface area (Å²) in [6, 6.07) is 11.1. The van der Waals surface area contributed by atoms with Gasteiger partial charge in [-0.15, -0.1) is 21.5 Å². The van der Waals surface area contributed by atoms with Gasteiger partial charge in [-0.3, -0.25) is 4.79 Å². The smallest absolute Gasteiger partial charge is 0.258 e.